The minimum atomic E-state index is -0.135. The van der Waals surface area contributed by atoms with E-state index in [1.165, 1.54) is 0 Å². The van der Waals surface area contributed by atoms with Gasteiger partial charge in [0.2, 0.25) is 0 Å². The highest BCUT2D eigenvalue weighted by Crippen LogP contribution is 2.15. The van der Waals surface area contributed by atoms with Gasteiger partial charge in [-0.3, -0.25) is 0 Å². The van der Waals surface area contributed by atoms with E-state index in [4.69, 9.17) is 5.11 Å². The highest BCUT2D eigenvalue weighted by atomic mass is 16.2. The molecule has 20 heavy (non-hydrogen) atoms. The van der Waals surface area contributed by atoms with Crippen LogP contribution in [0.15, 0.2) is 24.3 Å². The van der Waals surface area contributed by atoms with E-state index in [1.54, 1.807) is 0 Å². The second-order valence-corrected chi connectivity index (χ2v) is 4.95. The van der Waals surface area contributed by atoms with Crippen LogP contribution in [-0.2, 0) is 0 Å². The topological polar surface area (TPSA) is 52.6 Å². The zero-order chi connectivity index (χ0) is 14.4. The smallest absolute Gasteiger partial charge is 0.317 e. The fraction of sp³-hybridized carbons (Fsp3) is 0.438. The zero-order valence-electron chi connectivity index (χ0n) is 11.7. The molecule has 1 unspecified atom stereocenters. The summed E-state index contributed by atoms with van der Waals surface area (Å²) in [5.41, 5.74) is 1.91. The molecule has 0 radical (unpaired) electrons. The molecule has 0 bridgehead atoms. The Hall–Kier alpha value is -1.99. The lowest BCUT2D eigenvalue weighted by Gasteiger charge is -2.20. The second-order valence-electron chi connectivity index (χ2n) is 4.95. The van der Waals surface area contributed by atoms with E-state index >= 15 is 0 Å². The van der Waals surface area contributed by atoms with Gasteiger partial charge in [-0.15, -0.1) is 0 Å². The molecule has 1 saturated heterocycles. The lowest BCUT2D eigenvalue weighted by Crippen LogP contribution is -2.39. The fourth-order valence-electron chi connectivity index (χ4n) is 2.28. The molecular weight excluding hydrogens is 252 g/mol. The second kappa shape index (κ2) is 6.97. The molecule has 2 amide bonds. The van der Waals surface area contributed by atoms with E-state index in [0.29, 0.717) is 0 Å². The van der Waals surface area contributed by atoms with Gasteiger partial charge in [0.05, 0.1) is 6.04 Å². The Kier molecular flexibility index (Phi) is 5.03. The predicted octanol–water partition coefficient (Wildman–Crippen LogP) is 1.90. The summed E-state index contributed by atoms with van der Waals surface area (Å²) in [6.07, 6.45) is 2.19. The minimum Gasteiger partial charge on any atom is -0.384 e. The molecule has 0 spiro atoms. The van der Waals surface area contributed by atoms with Crippen LogP contribution in [0.2, 0.25) is 0 Å². The van der Waals surface area contributed by atoms with Gasteiger partial charge in [-0.2, -0.15) is 0 Å². The number of likely N-dealkylation sites (tertiary alicyclic amines) is 1. The summed E-state index contributed by atoms with van der Waals surface area (Å²) < 4.78 is 0. The van der Waals surface area contributed by atoms with E-state index < -0.39 is 0 Å². The fourth-order valence-corrected chi connectivity index (χ4v) is 2.28. The number of aliphatic hydroxyl groups is 1. The summed E-state index contributed by atoms with van der Waals surface area (Å²) in [4.78, 5) is 13.9. The first kappa shape index (κ1) is 14.4. The van der Waals surface area contributed by atoms with Crippen molar-refractivity contribution in [1.29, 1.82) is 0 Å². The van der Waals surface area contributed by atoms with Crippen molar-refractivity contribution in [3.63, 3.8) is 0 Å². The van der Waals surface area contributed by atoms with E-state index in [9.17, 15) is 4.79 Å². The maximum absolute atomic E-state index is 12.0. The Morgan fingerprint density at radius 3 is 2.60 bits per heavy atom. The van der Waals surface area contributed by atoms with Crippen LogP contribution in [0, 0.1) is 11.8 Å². The first-order chi connectivity index (χ1) is 9.70. The van der Waals surface area contributed by atoms with Gasteiger partial charge in [0.25, 0.3) is 0 Å². The van der Waals surface area contributed by atoms with Crippen LogP contribution >= 0.6 is 0 Å². The van der Waals surface area contributed by atoms with Crippen molar-refractivity contribution in [3.8, 4) is 11.8 Å². The van der Waals surface area contributed by atoms with Gasteiger partial charge in [0.1, 0.15) is 6.61 Å². The number of nitrogens with zero attached hydrogens (tertiary/aromatic N) is 1. The normalized spacial score (nSPS) is 15.4. The molecule has 0 aromatic heterocycles. The third kappa shape index (κ3) is 3.75. The highest BCUT2D eigenvalue weighted by Gasteiger charge is 2.19. The van der Waals surface area contributed by atoms with Crippen LogP contribution in [0.5, 0.6) is 0 Å². The largest absolute Gasteiger partial charge is 0.384 e. The first-order valence-electron chi connectivity index (χ1n) is 6.96. The lowest BCUT2D eigenvalue weighted by molar-refractivity contribution is 0.205. The number of hydrogen-bond donors (Lipinski definition) is 2. The predicted molar refractivity (Wildman–Crippen MR) is 78.2 cm³/mol. The number of urea groups is 1. The summed E-state index contributed by atoms with van der Waals surface area (Å²) in [6, 6.07) is 7.70. The van der Waals surface area contributed by atoms with E-state index in [1.807, 2.05) is 36.1 Å². The number of benzene rings is 1. The highest BCUT2D eigenvalue weighted by molar-refractivity contribution is 5.74. The Bertz CT molecular complexity index is 508. The number of carbonyl (C=O) groups is 1. The summed E-state index contributed by atoms with van der Waals surface area (Å²) in [7, 11) is 0. The summed E-state index contributed by atoms with van der Waals surface area (Å²) in [6.45, 7) is 3.55. The molecule has 1 atom stereocenters. The molecule has 1 aromatic rings. The van der Waals surface area contributed by atoms with E-state index in [0.717, 1.165) is 37.1 Å². The molecule has 106 valence electrons. The van der Waals surface area contributed by atoms with E-state index in [-0.39, 0.29) is 18.7 Å². The van der Waals surface area contributed by atoms with Crippen molar-refractivity contribution in [2.45, 2.75) is 25.8 Å². The van der Waals surface area contributed by atoms with Crippen LogP contribution in [0.1, 0.15) is 36.9 Å². The average Bonchev–Trinajstić information content (AvgIpc) is 3.00. The SMILES string of the molecule is CC(NC(=O)N1CCCC1)c1ccc(C#CCO)cc1. The Morgan fingerprint density at radius 1 is 1.35 bits per heavy atom. The first-order valence-corrected chi connectivity index (χ1v) is 6.96. The molecule has 4 nitrogen and oxygen atoms in total. The van der Waals surface area contributed by atoms with E-state index in [2.05, 4.69) is 17.2 Å². The quantitative estimate of drug-likeness (QED) is 0.808. The monoisotopic (exact) mass is 272 g/mol. The summed E-state index contributed by atoms with van der Waals surface area (Å²) in [5.74, 6) is 5.46. The number of carbonyl (C=O) groups excluding carboxylic acids is 1. The number of nitrogens with one attached hydrogen (secondary N) is 1. The molecule has 2 rings (SSSR count). The van der Waals surface area contributed by atoms with Crippen molar-refractivity contribution < 1.29 is 9.90 Å². The molecule has 1 aliphatic rings. The van der Waals surface area contributed by atoms with Crippen LogP contribution < -0.4 is 5.32 Å². The van der Waals surface area contributed by atoms with Crippen LogP contribution in [0.25, 0.3) is 0 Å². The van der Waals surface area contributed by atoms with Gasteiger partial charge in [-0.25, -0.2) is 4.79 Å². The molecule has 1 aliphatic heterocycles. The molecule has 2 N–H and O–H groups in total. The van der Waals surface area contributed by atoms with Crippen molar-refractivity contribution in [2.75, 3.05) is 19.7 Å². The molecule has 4 heteroatoms. The van der Waals surface area contributed by atoms with Gasteiger partial charge < -0.3 is 15.3 Å². The van der Waals surface area contributed by atoms with Gasteiger partial charge in [-0.1, -0.05) is 24.0 Å². The van der Waals surface area contributed by atoms with Crippen LogP contribution in [-0.4, -0.2) is 35.7 Å². The molecule has 1 aromatic carbocycles. The minimum absolute atomic E-state index is 0.0131. The maximum atomic E-state index is 12.0. The zero-order valence-corrected chi connectivity index (χ0v) is 11.7. The summed E-state index contributed by atoms with van der Waals surface area (Å²) >= 11 is 0. The molecule has 1 heterocycles. The average molecular weight is 272 g/mol. The van der Waals surface area contributed by atoms with Gasteiger partial charge in [0.15, 0.2) is 0 Å². The summed E-state index contributed by atoms with van der Waals surface area (Å²) in [5, 5.41) is 11.7. The maximum Gasteiger partial charge on any atom is 0.317 e. The third-order valence-corrected chi connectivity index (χ3v) is 3.46. The third-order valence-electron chi connectivity index (χ3n) is 3.46. The molecular formula is C16H20N2O2. The molecule has 1 fully saturated rings. The standard InChI is InChI=1S/C16H20N2O2/c1-13(17-16(20)18-10-2-3-11-18)15-8-6-14(7-9-15)5-4-12-19/h6-9,13,19H,2-3,10-12H2,1H3,(H,17,20). The Balaban J connectivity index is 1.94. The molecule has 0 aliphatic carbocycles. The number of aliphatic hydroxyl groups excluding tert-OH is 1. The Labute approximate surface area is 119 Å². The molecule has 0 saturated carbocycles. The number of rotatable bonds is 2. The van der Waals surface area contributed by atoms with Gasteiger partial charge >= 0.3 is 6.03 Å². The van der Waals surface area contributed by atoms with Gasteiger partial charge in [-0.05, 0) is 37.5 Å². The number of amides is 2. The Morgan fingerprint density at radius 2 is 2.00 bits per heavy atom. The van der Waals surface area contributed by atoms with Crippen molar-refractivity contribution in [2.24, 2.45) is 0 Å². The lowest BCUT2D eigenvalue weighted by atomic mass is 10.1. The van der Waals surface area contributed by atoms with Crippen LogP contribution in [0.4, 0.5) is 4.79 Å². The van der Waals surface area contributed by atoms with Crippen molar-refractivity contribution in [1.82, 2.24) is 10.2 Å². The van der Waals surface area contributed by atoms with Gasteiger partial charge in [0, 0.05) is 18.7 Å². The van der Waals surface area contributed by atoms with Crippen LogP contribution in [0.3, 0.4) is 0 Å². The number of hydrogen-bond acceptors (Lipinski definition) is 2. The van der Waals surface area contributed by atoms with Crippen molar-refractivity contribution in [3.05, 3.63) is 35.4 Å². The van der Waals surface area contributed by atoms with Crippen molar-refractivity contribution >= 4 is 6.03 Å².